The van der Waals surface area contributed by atoms with Gasteiger partial charge in [-0.2, -0.15) is 0 Å². The summed E-state index contributed by atoms with van der Waals surface area (Å²) in [5.41, 5.74) is -2.07. The van der Waals surface area contributed by atoms with Crippen molar-refractivity contribution in [2.75, 3.05) is 0 Å². The maximum atomic E-state index is 13.2. The molecule has 4 rings (SSSR count). The molecule has 0 saturated carbocycles. The Morgan fingerprint density at radius 3 is 1.32 bits per heavy atom. The van der Waals surface area contributed by atoms with Gasteiger partial charge in [-0.25, -0.2) is 14.4 Å². The summed E-state index contributed by atoms with van der Waals surface area (Å²) in [5, 5.41) is 112. The van der Waals surface area contributed by atoms with E-state index < -0.39 is 129 Å². The van der Waals surface area contributed by atoms with Crippen molar-refractivity contribution in [3.05, 3.63) is 53.1 Å². The number of ether oxygens (including phenoxy) is 4. The molecule has 1 saturated heterocycles. The maximum absolute atomic E-state index is 13.2. The van der Waals surface area contributed by atoms with Crippen LogP contribution in [0.1, 0.15) is 37.5 Å². The number of carbonyl (C=O) groups is 4. The summed E-state index contributed by atoms with van der Waals surface area (Å²) in [4.78, 5) is 50.8. The van der Waals surface area contributed by atoms with E-state index in [9.17, 15) is 75.3 Å². The number of aliphatic hydroxyl groups is 1. The topological polar surface area (TPSA) is 333 Å². The first-order valence-electron chi connectivity index (χ1n) is 12.9. The molecule has 5 atom stereocenters. The molecule has 5 unspecified atom stereocenters. The van der Waals surface area contributed by atoms with Crippen molar-refractivity contribution in [3.63, 3.8) is 0 Å². The molecule has 3 aromatic rings. The van der Waals surface area contributed by atoms with Crippen LogP contribution in [0.15, 0.2) is 36.4 Å². The molecular formula is C28H22O19-2. The number of hydrogen-bond donors (Lipinski definition) is 9. The summed E-state index contributed by atoms with van der Waals surface area (Å²) in [7, 11) is 0. The van der Waals surface area contributed by atoms with Gasteiger partial charge in [0.25, 0.3) is 0 Å². The molecule has 0 bridgehead atoms. The number of phenols is 8. The van der Waals surface area contributed by atoms with E-state index in [0.717, 1.165) is 0 Å². The first-order valence-corrected chi connectivity index (χ1v) is 12.9. The van der Waals surface area contributed by atoms with E-state index in [-0.39, 0.29) is 0 Å². The Kier molecular flexibility index (Phi) is 9.24. The van der Waals surface area contributed by atoms with Crippen LogP contribution in [0.2, 0.25) is 0 Å². The summed E-state index contributed by atoms with van der Waals surface area (Å²) < 4.78 is 20.9. The van der Waals surface area contributed by atoms with Crippen molar-refractivity contribution >= 4 is 23.9 Å². The fourth-order valence-electron chi connectivity index (χ4n) is 4.36. The lowest BCUT2D eigenvalue weighted by Crippen LogP contribution is -2.62. The van der Waals surface area contributed by atoms with Gasteiger partial charge in [0.2, 0.25) is 0 Å². The van der Waals surface area contributed by atoms with E-state index >= 15 is 0 Å². The number of aliphatic carboxylic acids is 1. The Balaban J connectivity index is 1.79. The number of carboxylic acids is 1. The number of carbonyl (C=O) groups excluding carboxylic acids is 4. The minimum Gasteiger partial charge on any atom is -0.867 e. The normalized spacial score (nSPS) is 20.6. The number of rotatable bonds is 8. The van der Waals surface area contributed by atoms with Crippen molar-refractivity contribution < 1.29 is 94.3 Å². The minimum atomic E-state index is -2.39. The predicted octanol–water partition coefficient (Wildman–Crippen LogP) is -1.76. The standard InChI is InChI=1S/C28H24O19/c29-11-1-8(2-12(30)19(11)37)25(40)45-22-17(7-18(35)36)44-28(43)24(47-27(42)10-5-15(33)21(39)16(34)6-10)23(22)46-26(41)9-3-13(31)20(38)14(32)4-9/h1-6,17,22-24,28-34,37-39,43H,7H2,(H,35,36)/p-2. The van der Waals surface area contributed by atoms with Gasteiger partial charge in [0.15, 0.2) is 59.1 Å². The van der Waals surface area contributed by atoms with Crippen LogP contribution in [0, 0.1) is 0 Å². The van der Waals surface area contributed by atoms with Crippen molar-refractivity contribution in [1.29, 1.82) is 0 Å². The summed E-state index contributed by atoms with van der Waals surface area (Å²) in [6, 6.07) is 3.55. The Morgan fingerprint density at radius 2 is 0.936 bits per heavy atom. The second kappa shape index (κ2) is 12.9. The molecule has 19 nitrogen and oxygen atoms in total. The van der Waals surface area contributed by atoms with E-state index in [1.165, 1.54) is 0 Å². The van der Waals surface area contributed by atoms with Crippen molar-refractivity contribution in [3.8, 4) is 51.7 Å². The molecule has 1 aliphatic rings. The number of carboxylic acid groups (broad SMARTS) is 1. The number of benzene rings is 3. The molecule has 19 heteroatoms. The zero-order valence-electron chi connectivity index (χ0n) is 23.2. The van der Waals surface area contributed by atoms with Gasteiger partial charge in [-0.1, -0.05) is 0 Å². The Bertz CT molecular complexity index is 1680. The highest BCUT2D eigenvalue weighted by Crippen LogP contribution is 2.39. The van der Waals surface area contributed by atoms with Crippen molar-refractivity contribution in [2.24, 2.45) is 0 Å². The smallest absolute Gasteiger partial charge is 0.339 e. The molecule has 0 aliphatic carbocycles. The SMILES string of the molecule is O=C([O-])CC1OC(O)C(OC(=O)c2cc(O)c(O)c(O)c2)C(OC(=O)c2cc(O)c([O-])c(O)c2)C1OC(=O)c1cc(O)c(O)c(O)c1. The summed E-state index contributed by atoms with van der Waals surface area (Å²) >= 11 is 0. The van der Waals surface area contributed by atoms with Gasteiger partial charge in [0, 0.05) is 12.4 Å². The summed E-state index contributed by atoms with van der Waals surface area (Å²) in [6.45, 7) is 0. The second-order valence-electron chi connectivity index (χ2n) is 9.82. The van der Waals surface area contributed by atoms with Crippen LogP contribution in [-0.2, 0) is 23.7 Å². The molecule has 0 radical (unpaired) electrons. The molecule has 47 heavy (non-hydrogen) atoms. The third kappa shape index (κ3) is 7.00. The second-order valence-corrected chi connectivity index (χ2v) is 9.82. The number of phenolic OH excluding ortho intramolecular Hbond substituents is 8. The van der Waals surface area contributed by atoms with Gasteiger partial charge in [-0.15, -0.1) is 0 Å². The lowest BCUT2D eigenvalue weighted by atomic mass is 9.95. The van der Waals surface area contributed by atoms with E-state index in [2.05, 4.69) is 0 Å². The molecule has 1 heterocycles. The van der Waals surface area contributed by atoms with Gasteiger partial charge >= 0.3 is 17.9 Å². The van der Waals surface area contributed by atoms with E-state index in [1.54, 1.807) is 0 Å². The molecule has 1 fully saturated rings. The Labute approximate surface area is 260 Å². The first-order chi connectivity index (χ1) is 22.0. The molecule has 0 spiro atoms. The Morgan fingerprint density at radius 1 is 0.596 bits per heavy atom. The largest absolute Gasteiger partial charge is 0.867 e. The fraction of sp³-hybridized carbons (Fsp3) is 0.214. The quantitative estimate of drug-likeness (QED) is 0.0732. The van der Waals surface area contributed by atoms with Crippen molar-refractivity contribution in [2.45, 2.75) is 37.1 Å². The van der Waals surface area contributed by atoms with Gasteiger partial charge < -0.3 is 79.9 Å². The van der Waals surface area contributed by atoms with Crippen LogP contribution in [0.3, 0.4) is 0 Å². The highest BCUT2D eigenvalue weighted by molar-refractivity contribution is 5.93. The zero-order valence-corrected chi connectivity index (χ0v) is 23.2. The lowest BCUT2D eigenvalue weighted by Gasteiger charge is -2.43. The van der Waals surface area contributed by atoms with Gasteiger partial charge in [-0.05, 0) is 42.1 Å². The van der Waals surface area contributed by atoms with Gasteiger partial charge in [0.05, 0.1) is 16.7 Å². The fourth-order valence-corrected chi connectivity index (χ4v) is 4.36. The first kappa shape index (κ1) is 33.6. The van der Waals surface area contributed by atoms with Crippen LogP contribution in [0.4, 0.5) is 0 Å². The van der Waals surface area contributed by atoms with Crippen LogP contribution in [-0.4, -0.2) is 101 Å². The highest BCUT2D eigenvalue weighted by Gasteiger charge is 2.52. The molecule has 0 aromatic heterocycles. The Hall–Kier alpha value is -6.34. The van der Waals surface area contributed by atoms with Crippen molar-refractivity contribution in [1.82, 2.24) is 0 Å². The van der Waals surface area contributed by atoms with E-state index in [4.69, 9.17) is 18.9 Å². The highest BCUT2D eigenvalue weighted by atomic mass is 16.7. The van der Waals surface area contributed by atoms with Crippen LogP contribution < -0.4 is 10.2 Å². The average molecular weight is 662 g/mol. The number of hydrogen-bond acceptors (Lipinski definition) is 19. The lowest BCUT2D eigenvalue weighted by molar-refractivity contribution is -0.318. The third-order valence-corrected chi connectivity index (χ3v) is 6.60. The maximum Gasteiger partial charge on any atom is 0.339 e. The minimum absolute atomic E-state index is 0.546. The molecular weight excluding hydrogens is 640 g/mol. The van der Waals surface area contributed by atoms with E-state index in [1.807, 2.05) is 0 Å². The average Bonchev–Trinajstić information content (AvgIpc) is 2.99. The summed E-state index contributed by atoms with van der Waals surface area (Å²) in [5.74, 6) is -16.0. The molecule has 0 amide bonds. The zero-order chi connectivity index (χ0) is 34.9. The third-order valence-electron chi connectivity index (χ3n) is 6.60. The van der Waals surface area contributed by atoms with Crippen LogP contribution >= 0.6 is 0 Å². The summed E-state index contributed by atoms with van der Waals surface area (Å²) in [6.07, 6.45) is -12.2. The number of aliphatic hydroxyl groups excluding tert-OH is 1. The molecule has 1 aliphatic heterocycles. The van der Waals surface area contributed by atoms with Gasteiger partial charge in [0.1, 0.15) is 17.6 Å². The van der Waals surface area contributed by atoms with E-state index in [0.29, 0.717) is 36.4 Å². The van der Waals surface area contributed by atoms with Gasteiger partial charge in [-0.3, -0.25) is 0 Å². The number of esters is 3. The number of aromatic hydroxyl groups is 8. The molecule has 3 aromatic carbocycles. The molecule has 250 valence electrons. The molecule has 9 N–H and O–H groups in total. The van der Waals surface area contributed by atoms with Crippen LogP contribution in [0.25, 0.3) is 0 Å². The van der Waals surface area contributed by atoms with Crippen LogP contribution in [0.5, 0.6) is 51.7 Å². The monoisotopic (exact) mass is 662 g/mol. The predicted molar refractivity (Wildman–Crippen MR) is 140 cm³/mol.